The predicted molar refractivity (Wildman–Crippen MR) is 88.6 cm³/mol. The minimum atomic E-state index is -3.61. The minimum Gasteiger partial charge on any atom is -0.508 e. The molecule has 4 nitrogen and oxygen atoms in total. The van der Waals surface area contributed by atoms with E-state index in [1.165, 1.54) is 23.5 Å². The number of benzene rings is 2. The van der Waals surface area contributed by atoms with E-state index >= 15 is 0 Å². The zero-order chi connectivity index (χ0) is 15.6. The number of phenols is 1. The van der Waals surface area contributed by atoms with Gasteiger partial charge in [-0.25, -0.2) is 8.42 Å². The van der Waals surface area contributed by atoms with Crippen LogP contribution in [0, 0.1) is 0 Å². The summed E-state index contributed by atoms with van der Waals surface area (Å²) in [5, 5.41) is 9.25. The molecule has 0 heterocycles. The second-order valence-electron chi connectivity index (χ2n) is 4.50. The molecule has 21 heavy (non-hydrogen) atoms. The SMILES string of the molecule is CN(Cc1ccc(O)cc1)S(=O)(=O)c1cc(Br)ccc1Br. The summed E-state index contributed by atoms with van der Waals surface area (Å²) in [6, 6.07) is 11.5. The van der Waals surface area contributed by atoms with Crippen molar-refractivity contribution in [3.05, 3.63) is 57.0 Å². The van der Waals surface area contributed by atoms with Gasteiger partial charge < -0.3 is 5.11 Å². The lowest BCUT2D eigenvalue weighted by molar-refractivity contribution is 0.463. The molecule has 2 rings (SSSR count). The highest BCUT2D eigenvalue weighted by atomic mass is 79.9. The fourth-order valence-corrected chi connectivity index (χ4v) is 4.40. The van der Waals surface area contributed by atoms with Crippen molar-refractivity contribution in [1.29, 1.82) is 0 Å². The van der Waals surface area contributed by atoms with Crippen LogP contribution in [0.3, 0.4) is 0 Å². The van der Waals surface area contributed by atoms with E-state index in [9.17, 15) is 13.5 Å². The molecule has 0 saturated carbocycles. The van der Waals surface area contributed by atoms with Crippen LogP contribution in [0.4, 0.5) is 0 Å². The summed E-state index contributed by atoms with van der Waals surface area (Å²) in [5.74, 6) is 0.152. The molecule has 0 atom stereocenters. The number of phenolic OH excluding ortho intramolecular Hbond substituents is 1. The first kappa shape index (κ1) is 16.5. The molecule has 0 aliphatic rings. The topological polar surface area (TPSA) is 57.6 Å². The van der Waals surface area contributed by atoms with Gasteiger partial charge in [-0.05, 0) is 51.8 Å². The average molecular weight is 435 g/mol. The fraction of sp³-hybridized carbons (Fsp3) is 0.143. The lowest BCUT2D eigenvalue weighted by Gasteiger charge is -2.18. The van der Waals surface area contributed by atoms with Crippen molar-refractivity contribution in [3.8, 4) is 5.75 Å². The summed E-state index contributed by atoms with van der Waals surface area (Å²) in [4.78, 5) is 0.207. The van der Waals surface area contributed by atoms with Crippen molar-refractivity contribution in [2.24, 2.45) is 0 Å². The van der Waals surface area contributed by atoms with E-state index in [1.807, 2.05) is 0 Å². The molecular weight excluding hydrogens is 422 g/mol. The molecule has 0 spiro atoms. The zero-order valence-electron chi connectivity index (χ0n) is 11.1. The van der Waals surface area contributed by atoms with Gasteiger partial charge in [0, 0.05) is 22.5 Å². The van der Waals surface area contributed by atoms with Crippen LogP contribution in [-0.2, 0) is 16.6 Å². The van der Waals surface area contributed by atoms with Gasteiger partial charge in [-0.3, -0.25) is 0 Å². The molecule has 0 amide bonds. The molecule has 112 valence electrons. The second-order valence-corrected chi connectivity index (χ2v) is 8.29. The van der Waals surface area contributed by atoms with Crippen LogP contribution in [0.2, 0.25) is 0 Å². The first-order valence-corrected chi connectivity index (χ1v) is 9.02. The second kappa shape index (κ2) is 6.48. The van der Waals surface area contributed by atoms with Crippen LogP contribution in [-0.4, -0.2) is 24.9 Å². The Bertz CT molecular complexity index is 745. The molecule has 0 saturated heterocycles. The lowest BCUT2D eigenvalue weighted by Crippen LogP contribution is -2.26. The first-order chi connectivity index (χ1) is 9.80. The highest BCUT2D eigenvalue weighted by Crippen LogP contribution is 2.28. The van der Waals surface area contributed by atoms with Gasteiger partial charge in [0.05, 0.1) is 4.90 Å². The van der Waals surface area contributed by atoms with Gasteiger partial charge in [0.15, 0.2) is 0 Å². The Morgan fingerprint density at radius 1 is 1.10 bits per heavy atom. The Kier molecular flexibility index (Phi) is 5.08. The van der Waals surface area contributed by atoms with Gasteiger partial charge in [-0.2, -0.15) is 4.31 Å². The zero-order valence-corrected chi connectivity index (χ0v) is 15.1. The van der Waals surface area contributed by atoms with Gasteiger partial charge in [0.1, 0.15) is 5.75 Å². The van der Waals surface area contributed by atoms with Crippen LogP contribution in [0.1, 0.15) is 5.56 Å². The van der Waals surface area contributed by atoms with E-state index in [-0.39, 0.29) is 17.2 Å². The third kappa shape index (κ3) is 3.85. The van der Waals surface area contributed by atoms with Crippen molar-refractivity contribution < 1.29 is 13.5 Å². The molecule has 0 fully saturated rings. The number of hydrogen-bond donors (Lipinski definition) is 1. The van der Waals surface area contributed by atoms with Gasteiger partial charge in [0.25, 0.3) is 0 Å². The van der Waals surface area contributed by atoms with Crippen molar-refractivity contribution in [3.63, 3.8) is 0 Å². The number of aromatic hydroxyl groups is 1. The maximum Gasteiger partial charge on any atom is 0.244 e. The van der Waals surface area contributed by atoms with Crippen LogP contribution >= 0.6 is 31.9 Å². The summed E-state index contributed by atoms with van der Waals surface area (Å²) in [5.41, 5.74) is 0.796. The average Bonchev–Trinajstić information content (AvgIpc) is 2.43. The van der Waals surface area contributed by atoms with E-state index in [0.717, 1.165) is 5.56 Å². The normalized spacial score (nSPS) is 11.8. The first-order valence-electron chi connectivity index (χ1n) is 6.00. The van der Waals surface area contributed by atoms with Gasteiger partial charge >= 0.3 is 0 Å². The van der Waals surface area contributed by atoms with E-state index in [1.54, 1.807) is 30.3 Å². The van der Waals surface area contributed by atoms with Crippen LogP contribution in [0.25, 0.3) is 0 Å². The summed E-state index contributed by atoms with van der Waals surface area (Å²) in [6.45, 7) is 0.224. The smallest absolute Gasteiger partial charge is 0.244 e. The molecule has 0 aromatic heterocycles. The largest absolute Gasteiger partial charge is 0.508 e. The predicted octanol–water partition coefficient (Wildman–Crippen LogP) is 3.74. The van der Waals surface area contributed by atoms with Crippen LogP contribution in [0.5, 0.6) is 5.75 Å². The highest BCUT2D eigenvalue weighted by molar-refractivity contribution is 9.11. The number of halogens is 2. The molecule has 2 aromatic rings. The van der Waals surface area contributed by atoms with E-state index in [0.29, 0.717) is 8.95 Å². The van der Waals surface area contributed by atoms with Crippen molar-refractivity contribution in [2.75, 3.05) is 7.05 Å². The van der Waals surface area contributed by atoms with Gasteiger partial charge in [-0.15, -0.1) is 0 Å². The Morgan fingerprint density at radius 2 is 1.71 bits per heavy atom. The number of hydrogen-bond acceptors (Lipinski definition) is 3. The quantitative estimate of drug-likeness (QED) is 0.797. The van der Waals surface area contributed by atoms with Gasteiger partial charge in [0.2, 0.25) is 10.0 Å². The number of nitrogens with zero attached hydrogens (tertiary/aromatic N) is 1. The molecule has 0 bridgehead atoms. The van der Waals surface area contributed by atoms with E-state index in [4.69, 9.17) is 0 Å². The summed E-state index contributed by atoms with van der Waals surface area (Å²) < 4.78 is 27.7. The number of rotatable bonds is 4. The fourth-order valence-electron chi connectivity index (χ4n) is 1.79. The third-order valence-electron chi connectivity index (χ3n) is 2.92. The highest BCUT2D eigenvalue weighted by Gasteiger charge is 2.23. The third-order valence-corrected chi connectivity index (χ3v) is 6.21. The Labute approximate surface area is 140 Å². The lowest BCUT2D eigenvalue weighted by atomic mass is 10.2. The standard InChI is InChI=1S/C14H13Br2NO3S/c1-17(9-10-2-5-12(18)6-3-10)21(19,20)14-8-11(15)4-7-13(14)16/h2-8,18H,9H2,1H3. The molecular formula is C14H13Br2NO3S. The monoisotopic (exact) mass is 433 g/mol. The molecule has 0 aliphatic heterocycles. The molecule has 0 unspecified atom stereocenters. The summed E-state index contributed by atoms with van der Waals surface area (Å²) >= 11 is 6.55. The summed E-state index contributed by atoms with van der Waals surface area (Å²) in [7, 11) is -2.08. The maximum absolute atomic E-state index is 12.6. The van der Waals surface area contributed by atoms with Crippen LogP contribution < -0.4 is 0 Å². The molecule has 0 aliphatic carbocycles. The molecule has 0 radical (unpaired) electrons. The Hall–Kier alpha value is -0.890. The molecule has 7 heteroatoms. The summed E-state index contributed by atoms with van der Waals surface area (Å²) in [6.07, 6.45) is 0. The van der Waals surface area contributed by atoms with E-state index < -0.39 is 10.0 Å². The van der Waals surface area contributed by atoms with Gasteiger partial charge in [-0.1, -0.05) is 28.1 Å². The Morgan fingerprint density at radius 3 is 2.33 bits per heavy atom. The molecule has 2 aromatic carbocycles. The van der Waals surface area contributed by atoms with Crippen molar-refractivity contribution >= 4 is 41.9 Å². The van der Waals surface area contributed by atoms with Crippen LogP contribution in [0.15, 0.2) is 56.3 Å². The van der Waals surface area contributed by atoms with Crippen molar-refractivity contribution in [2.45, 2.75) is 11.4 Å². The molecule has 1 N–H and O–H groups in total. The maximum atomic E-state index is 12.6. The number of sulfonamides is 1. The van der Waals surface area contributed by atoms with E-state index in [2.05, 4.69) is 31.9 Å². The van der Waals surface area contributed by atoms with Crippen molar-refractivity contribution in [1.82, 2.24) is 4.31 Å². The minimum absolute atomic E-state index is 0.152. The Balaban J connectivity index is 2.30.